The van der Waals surface area contributed by atoms with Crippen molar-refractivity contribution in [3.8, 4) is 0 Å². The van der Waals surface area contributed by atoms with Crippen LogP contribution in [0.15, 0.2) is 36.4 Å². The van der Waals surface area contributed by atoms with E-state index in [0.29, 0.717) is 5.38 Å². The number of pyridine rings is 1. The van der Waals surface area contributed by atoms with E-state index < -0.39 is 0 Å². The summed E-state index contributed by atoms with van der Waals surface area (Å²) in [6, 6.07) is 12.6. The molecular weight excluding hydrogens is 244 g/mol. The fraction of sp³-hybridized carbons (Fsp3) is 0.400. The highest BCUT2D eigenvalue weighted by Crippen LogP contribution is 2.18. The van der Waals surface area contributed by atoms with Crippen molar-refractivity contribution in [3.63, 3.8) is 0 Å². The molecule has 2 heterocycles. The van der Waals surface area contributed by atoms with Gasteiger partial charge in [0.25, 0.3) is 0 Å². The maximum atomic E-state index is 6.12. The molecule has 0 spiro atoms. The average Bonchev–Trinajstić information content (AvgIpc) is 2.41. The van der Waals surface area contributed by atoms with Crippen LogP contribution in [0.1, 0.15) is 18.5 Å². The van der Waals surface area contributed by atoms with E-state index in [-0.39, 0.29) is 0 Å². The van der Waals surface area contributed by atoms with Gasteiger partial charge in [0.1, 0.15) is 0 Å². The minimum absolute atomic E-state index is 0.366. The van der Waals surface area contributed by atoms with Gasteiger partial charge in [0.15, 0.2) is 0 Å². The molecule has 2 nitrogen and oxygen atoms in total. The SMILES string of the molecule is ClC1CCN(Cc2ccc3ccccc3n2)CC1. The molecule has 0 saturated carbocycles. The third-order valence-corrected chi connectivity index (χ3v) is 4.00. The number of rotatable bonds is 2. The second-order valence-electron chi connectivity index (χ2n) is 4.95. The molecule has 0 unspecified atom stereocenters. The Kier molecular flexibility index (Phi) is 3.48. The summed E-state index contributed by atoms with van der Waals surface area (Å²) in [5.41, 5.74) is 2.24. The summed E-state index contributed by atoms with van der Waals surface area (Å²) in [7, 11) is 0. The minimum Gasteiger partial charge on any atom is -0.297 e. The molecule has 94 valence electrons. The molecule has 0 aliphatic carbocycles. The van der Waals surface area contributed by atoms with Gasteiger partial charge < -0.3 is 0 Å². The van der Waals surface area contributed by atoms with Gasteiger partial charge >= 0.3 is 0 Å². The van der Waals surface area contributed by atoms with E-state index in [4.69, 9.17) is 16.6 Å². The first-order valence-corrected chi connectivity index (χ1v) is 6.96. The van der Waals surface area contributed by atoms with E-state index >= 15 is 0 Å². The number of alkyl halides is 1. The topological polar surface area (TPSA) is 16.1 Å². The average molecular weight is 261 g/mol. The lowest BCUT2D eigenvalue weighted by atomic mass is 10.1. The van der Waals surface area contributed by atoms with Crippen molar-refractivity contribution in [1.29, 1.82) is 0 Å². The molecule has 3 rings (SSSR count). The standard InChI is InChI=1S/C15H17ClN2/c16-13-7-9-18(10-8-13)11-14-6-5-12-3-1-2-4-15(12)17-14/h1-6,13H,7-11H2. The normalized spacial score (nSPS) is 18.3. The van der Waals surface area contributed by atoms with Gasteiger partial charge in [-0.25, -0.2) is 0 Å². The van der Waals surface area contributed by atoms with E-state index in [1.54, 1.807) is 0 Å². The number of hydrogen-bond donors (Lipinski definition) is 0. The Bertz CT molecular complexity index is 533. The van der Waals surface area contributed by atoms with Gasteiger partial charge in [-0.15, -0.1) is 11.6 Å². The van der Waals surface area contributed by atoms with Crippen LogP contribution in [0.3, 0.4) is 0 Å². The zero-order chi connectivity index (χ0) is 12.4. The van der Waals surface area contributed by atoms with Crippen LogP contribution in [0.2, 0.25) is 0 Å². The third kappa shape index (κ3) is 2.65. The van der Waals surface area contributed by atoms with E-state index in [0.717, 1.165) is 43.7 Å². The second-order valence-corrected chi connectivity index (χ2v) is 5.56. The fourth-order valence-corrected chi connectivity index (χ4v) is 2.68. The van der Waals surface area contributed by atoms with Crippen LogP contribution in [0.25, 0.3) is 10.9 Å². The van der Waals surface area contributed by atoms with Crippen molar-refractivity contribution in [2.24, 2.45) is 0 Å². The summed E-state index contributed by atoms with van der Waals surface area (Å²) < 4.78 is 0. The van der Waals surface area contributed by atoms with Gasteiger partial charge in [0.05, 0.1) is 11.2 Å². The highest BCUT2D eigenvalue weighted by Gasteiger charge is 2.17. The first-order valence-electron chi connectivity index (χ1n) is 6.52. The monoisotopic (exact) mass is 260 g/mol. The molecule has 1 aromatic carbocycles. The number of likely N-dealkylation sites (tertiary alicyclic amines) is 1. The maximum absolute atomic E-state index is 6.12. The van der Waals surface area contributed by atoms with E-state index in [1.807, 2.05) is 6.07 Å². The van der Waals surface area contributed by atoms with Crippen molar-refractivity contribution in [2.75, 3.05) is 13.1 Å². The minimum atomic E-state index is 0.366. The lowest BCUT2D eigenvalue weighted by Crippen LogP contribution is -2.33. The number of benzene rings is 1. The highest BCUT2D eigenvalue weighted by molar-refractivity contribution is 6.20. The number of aromatic nitrogens is 1. The smallest absolute Gasteiger partial charge is 0.0705 e. The zero-order valence-corrected chi connectivity index (χ0v) is 11.1. The molecule has 0 bridgehead atoms. The summed E-state index contributed by atoms with van der Waals surface area (Å²) in [5.74, 6) is 0. The Morgan fingerprint density at radius 2 is 1.89 bits per heavy atom. The first-order chi connectivity index (χ1) is 8.81. The fourth-order valence-electron chi connectivity index (χ4n) is 2.48. The van der Waals surface area contributed by atoms with Gasteiger partial charge in [-0.2, -0.15) is 0 Å². The Hall–Kier alpha value is -1.12. The lowest BCUT2D eigenvalue weighted by Gasteiger charge is -2.28. The number of halogens is 1. The second kappa shape index (κ2) is 5.25. The van der Waals surface area contributed by atoms with E-state index in [1.165, 1.54) is 5.39 Å². The van der Waals surface area contributed by atoms with Gasteiger partial charge in [0, 0.05) is 17.3 Å². The first kappa shape index (κ1) is 11.9. The Morgan fingerprint density at radius 1 is 1.11 bits per heavy atom. The maximum Gasteiger partial charge on any atom is 0.0705 e. The van der Waals surface area contributed by atoms with Gasteiger partial charge in [0.2, 0.25) is 0 Å². The Morgan fingerprint density at radius 3 is 2.72 bits per heavy atom. The van der Waals surface area contributed by atoms with Crippen molar-refractivity contribution in [2.45, 2.75) is 24.8 Å². The molecule has 3 heteroatoms. The Labute approximate surface area is 113 Å². The van der Waals surface area contributed by atoms with E-state index in [9.17, 15) is 0 Å². The van der Waals surface area contributed by atoms with Crippen LogP contribution in [0.4, 0.5) is 0 Å². The van der Waals surface area contributed by atoms with Crippen LogP contribution in [0.5, 0.6) is 0 Å². The largest absolute Gasteiger partial charge is 0.297 e. The van der Waals surface area contributed by atoms with Crippen LogP contribution in [-0.4, -0.2) is 28.4 Å². The molecule has 1 aliphatic rings. The third-order valence-electron chi connectivity index (χ3n) is 3.56. The van der Waals surface area contributed by atoms with Crippen LogP contribution >= 0.6 is 11.6 Å². The van der Waals surface area contributed by atoms with Gasteiger partial charge in [-0.05, 0) is 38.1 Å². The number of hydrogen-bond acceptors (Lipinski definition) is 2. The number of nitrogens with zero attached hydrogens (tertiary/aromatic N) is 2. The molecule has 2 aromatic rings. The summed E-state index contributed by atoms with van der Waals surface area (Å²) >= 11 is 6.12. The molecule has 1 aliphatic heterocycles. The summed E-state index contributed by atoms with van der Waals surface area (Å²) in [5, 5.41) is 1.58. The number of fused-ring (bicyclic) bond motifs is 1. The zero-order valence-electron chi connectivity index (χ0n) is 10.3. The number of para-hydroxylation sites is 1. The highest BCUT2D eigenvalue weighted by atomic mass is 35.5. The lowest BCUT2D eigenvalue weighted by molar-refractivity contribution is 0.221. The molecular formula is C15H17ClN2. The molecule has 0 N–H and O–H groups in total. The number of piperidine rings is 1. The summed E-state index contributed by atoms with van der Waals surface area (Å²) in [6.45, 7) is 3.11. The predicted octanol–water partition coefficient (Wildman–Crippen LogP) is 3.44. The molecule has 1 saturated heterocycles. The molecule has 18 heavy (non-hydrogen) atoms. The quantitative estimate of drug-likeness (QED) is 0.769. The van der Waals surface area contributed by atoms with Crippen LogP contribution in [0, 0.1) is 0 Å². The molecule has 0 amide bonds. The van der Waals surface area contributed by atoms with Gasteiger partial charge in [-0.1, -0.05) is 24.3 Å². The van der Waals surface area contributed by atoms with Crippen molar-refractivity contribution in [1.82, 2.24) is 9.88 Å². The van der Waals surface area contributed by atoms with Crippen molar-refractivity contribution < 1.29 is 0 Å². The molecule has 0 atom stereocenters. The molecule has 1 aromatic heterocycles. The van der Waals surface area contributed by atoms with Gasteiger partial charge in [-0.3, -0.25) is 9.88 Å². The van der Waals surface area contributed by atoms with Crippen molar-refractivity contribution in [3.05, 3.63) is 42.1 Å². The summed E-state index contributed by atoms with van der Waals surface area (Å²) in [6.07, 6.45) is 2.18. The summed E-state index contributed by atoms with van der Waals surface area (Å²) in [4.78, 5) is 7.15. The molecule has 0 radical (unpaired) electrons. The van der Waals surface area contributed by atoms with Crippen LogP contribution < -0.4 is 0 Å². The van der Waals surface area contributed by atoms with Crippen molar-refractivity contribution >= 4 is 22.5 Å². The van der Waals surface area contributed by atoms with E-state index in [2.05, 4.69) is 35.2 Å². The molecule has 1 fully saturated rings. The predicted molar refractivity (Wildman–Crippen MR) is 75.9 cm³/mol. The van der Waals surface area contributed by atoms with Crippen LogP contribution in [-0.2, 0) is 6.54 Å². The Balaban J connectivity index is 1.74.